The fraction of sp³-hybridized carbons (Fsp3) is 0.533. The Labute approximate surface area is 134 Å². The van der Waals surface area contributed by atoms with E-state index in [4.69, 9.17) is 0 Å². The highest BCUT2D eigenvalue weighted by Gasteiger charge is 2.24. The number of aryl methyl sites for hydroxylation is 1. The Hall–Kier alpha value is -2.69. The van der Waals surface area contributed by atoms with Crippen LogP contribution in [0.5, 0.6) is 0 Å². The van der Waals surface area contributed by atoms with Crippen molar-refractivity contribution in [2.45, 2.75) is 46.0 Å². The quantitative estimate of drug-likeness (QED) is 0.847. The van der Waals surface area contributed by atoms with Crippen LogP contribution in [-0.2, 0) is 12.5 Å². The van der Waals surface area contributed by atoms with Gasteiger partial charge in [0, 0.05) is 12.5 Å². The zero-order chi connectivity index (χ0) is 17.4. The molecule has 0 bridgehead atoms. The maximum absolute atomic E-state index is 12.2. The Bertz CT molecular complexity index is 837. The predicted molar refractivity (Wildman–Crippen MR) is 86.3 cm³/mol. The van der Waals surface area contributed by atoms with Gasteiger partial charge in [-0.2, -0.15) is 10.4 Å². The third kappa shape index (κ3) is 3.08. The van der Waals surface area contributed by atoms with Crippen molar-refractivity contribution < 1.29 is 0 Å². The zero-order valence-corrected chi connectivity index (χ0v) is 14.2. The fourth-order valence-electron chi connectivity index (χ4n) is 2.20. The van der Waals surface area contributed by atoms with Gasteiger partial charge in [-0.1, -0.05) is 34.6 Å². The van der Waals surface area contributed by atoms with Gasteiger partial charge in [0.05, 0.1) is 11.4 Å². The smallest absolute Gasteiger partial charge is 0.294 e. The lowest BCUT2D eigenvalue weighted by Gasteiger charge is -2.16. The molecule has 0 aliphatic heterocycles. The summed E-state index contributed by atoms with van der Waals surface area (Å²) >= 11 is 0. The molecule has 0 radical (unpaired) electrons. The van der Waals surface area contributed by atoms with Gasteiger partial charge in [-0.3, -0.25) is 19.7 Å². The van der Waals surface area contributed by atoms with E-state index in [2.05, 4.69) is 31.6 Å². The second-order valence-corrected chi connectivity index (χ2v) is 6.75. The van der Waals surface area contributed by atoms with Crippen LogP contribution in [0.4, 0.5) is 11.5 Å². The van der Waals surface area contributed by atoms with Crippen molar-refractivity contribution in [1.82, 2.24) is 20.0 Å². The molecule has 0 aliphatic rings. The van der Waals surface area contributed by atoms with Crippen molar-refractivity contribution in [1.29, 1.82) is 5.26 Å². The van der Waals surface area contributed by atoms with E-state index in [0.29, 0.717) is 17.0 Å². The summed E-state index contributed by atoms with van der Waals surface area (Å²) < 4.78 is 1.37. The molecule has 2 aromatic heterocycles. The first kappa shape index (κ1) is 16.7. The van der Waals surface area contributed by atoms with E-state index in [9.17, 15) is 10.1 Å². The van der Waals surface area contributed by atoms with Crippen molar-refractivity contribution in [3.63, 3.8) is 0 Å². The summed E-state index contributed by atoms with van der Waals surface area (Å²) in [5, 5.41) is 27.2. The Morgan fingerprint density at radius 1 is 1.30 bits per heavy atom. The lowest BCUT2D eigenvalue weighted by Crippen LogP contribution is -2.12. The average Bonchev–Trinajstić information content (AvgIpc) is 2.99. The fourth-order valence-corrected chi connectivity index (χ4v) is 2.20. The molecular weight excluding hydrogens is 294 g/mol. The lowest BCUT2D eigenvalue weighted by atomic mass is 9.91. The minimum absolute atomic E-state index is 0.117. The first-order valence-electron chi connectivity index (χ1n) is 7.36. The molecule has 8 nitrogen and oxygen atoms in total. The van der Waals surface area contributed by atoms with Gasteiger partial charge in [-0.15, -0.1) is 10.2 Å². The van der Waals surface area contributed by atoms with Crippen LogP contribution in [-0.4, -0.2) is 20.0 Å². The minimum atomic E-state index is -0.290. The topological polar surface area (TPSA) is 115 Å². The van der Waals surface area contributed by atoms with Crippen LogP contribution in [0.1, 0.15) is 57.5 Å². The van der Waals surface area contributed by atoms with Crippen LogP contribution in [0.25, 0.3) is 0 Å². The van der Waals surface area contributed by atoms with Crippen LogP contribution < -0.4 is 5.56 Å². The van der Waals surface area contributed by atoms with Crippen molar-refractivity contribution in [2.75, 3.05) is 0 Å². The molecule has 0 fully saturated rings. The molecule has 2 N–H and O–H groups in total. The van der Waals surface area contributed by atoms with Crippen molar-refractivity contribution in [2.24, 2.45) is 17.3 Å². The summed E-state index contributed by atoms with van der Waals surface area (Å²) in [7, 11) is 1.63. The van der Waals surface area contributed by atoms with Crippen LogP contribution in [0.15, 0.2) is 15.0 Å². The number of nitrogens with zero attached hydrogens (tertiary/aromatic N) is 5. The maximum Gasteiger partial charge on any atom is 0.294 e. The van der Waals surface area contributed by atoms with E-state index in [0.717, 1.165) is 0 Å². The van der Waals surface area contributed by atoms with Gasteiger partial charge < -0.3 is 0 Å². The number of hydrogen-bond donors (Lipinski definition) is 2. The Balaban J connectivity index is 2.51. The Kier molecular flexibility index (Phi) is 4.23. The van der Waals surface area contributed by atoms with Gasteiger partial charge in [0.2, 0.25) is 5.82 Å². The van der Waals surface area contributed by atoms with Gasteiger partial charge in [0.1, 0.15) is 11.6 Å². The molecule has 0 spiro atoms. The molecule has 0 saturated heterocycles. The van der Waals surface area contributed by atoms with Gasteiger partial charge in [0.25, 0.3) is 5.56 Å². The molecule has 122 valence electrons. The van der Waals surface area contributed by atoms with E-state index in [1.54, 1.807) is 7.05 Å². The number of rotatable bonds is 3. The number of aromatic nitrogens is 4. The number of nitriles is 1. The highest BCUT2D eigenvalue weighted by atomic mass is 16.1. The molecule has 0 atom stereocenters. The number of nitrogens with one attached hydrogen (secondary N) is 2. The molecule has 0 unspecified atom stereocenters. The van der Waals surface area contributed by atoms with E-state index in [-0.39, 0.29) is 28.4 Å². The molecule has 23 heavy (non-hydrogen) atoms. The molecule has 8 heteroatoms. The molecular formula is C15H21N7O. The highest BCUT2D eigenvalue weighted by molar-refractivity contribution is 5.52. The van der Waals surface area contributed by atoms with Crippen LogP contribution in [0, 0.1) is 11.3 Å². The number of aromatic amines is 2. The lowest BCUT2D eigenvalue weighted by molar-refractivity contribution is 0.552. The van der Waals surface area contributed by atoms with Crippen molar-refractivity contribution in [3.8, 4) is 6.07 Å². The summed E-state index contributed by atoms with van der Waals surface area (Å²) in [5.41, 5.74) is 1.43. The van der Waals surface area contributed by atoms with Gasteiger partial charge >= 0.3 is 0 Å². The number of hydrogen-bond acceptors (Lipinski definition) is 5. The Morgan fingerprint density at radius 3 is 2.48 bits per heavy atom. The predicted octanol–water partition coefficient (Wildman–Crippen LogP) is 3.14. The summed E-state index contributed by atoms with van der Waals surface area (Å²) in [4.78, 5) is 12.2. The summed E-state index contributed by atoms with van der Waals surface area (Å²) in [6.45, 7) is 9.83. The van der Waals surface area contributed by atoms with Gasteiger partial charge in [0.15, 0.2) is 5.69 Å². The number of H-pyrrole nitrogens is 2. The van der Waals surface area contributed by atoms with E-state index >= 15 is 0 Å². The van der Waals surface area contributed by atoms with Crippen molar-refractivity contribution in [3.05, 3.63) is 27.3 Å². The average molecular weight is 315 g/mol. The minimum Gasteiger partial charge on any atom is -0.297 e. The molecule has 0 saturated carbocycles. The normalized spacial score (nSPS) is 12.3. The summed E-state index contributed by atoms with van der Waals surface area (Å²) in [6, 6.07) is 2.09. The van der Waals surface area contributed by atoms with E-state index in [1.807, 2.05) is 34.6 Å². The molecule has 2 heterocycles. The van der Waals surface area contributed by atoms with Gasteiger partial charge in [-0.05, 0) is 5.92 Å². The van der Waals surface area contributed by atoms with Crippen LogP contribution in [0.3, 0.4) is 0 Å². The second kappa shape index (κ2) is 5.83. The SMILES string of the molecule is CC(C)c1[nH]nc(N=Nc2c(C(C)(C)C)[nH]n(C)c2=O)c1C#N. The second-order valence-electron chi connectivity index (χ2n) is 6.75. The summed E-state index contributed by atoms with van der Waals surface area (Å²) in [5.74, 6) is 0.311. The zero-order valence-electron chi connectivity index (χ0n) is 14.2. The molecule has 2 rings (SSSR count). The number of azo groups is 1. The third-order valence-corrected chi connectivity index (χ3v) is 3.48. The van der Waals surface area contributed by atoms with E-state index < -0.39 is 0 Å². The molecule has 0 aromatic carbocycles. The van der Waals surface area contributed by atoms with Crippen LogP contribution >= 0.6 is 0 Å². The molecule has 0 aliphatic carbocycles. The third-order valence-electron chi connectivity index (χ3n) is 3.48. The largest absolute Gasteiger partial charge is 0.297 e. The molecule has 2 aromatic rings. The highest BCUT2D eigenvalue weighted by Crippen LogP contribution is 2.30. The first-order valence-corrected chi connectivity index (χ1v) is 7.36. The van der Waals surface area contributed by atoms with Crippen LogP contribution in [0.2, 0.25) is 0 Å². The van der Waals surface area contributed by atoms with Gasteiger partial charge in [-0.25, -0.2) is 0 Å². The Morgan fingerprint density at radius 2 is 1.96 bits per heavy atom. The monoisotopic (exact) mass is 315 g/mol. The standard InChI is InChI=1S/C15H21N7O/c1-8(2)10-9(7-16)13(19-17-10)20-18-11-12(15(3,4)5)21-22(6)14(11)23/h8,21H,1-6H3,(H,17,19). The molecule has 0 amide bonds. The summed E-state index contributed by atoms with van der Waals surface area (Å²) in [6.07, 6.45) is 0. The van der Waals surface area contributed by atoms with E-state index in [1.165, 1.54) is 4.68 Å². The first-order chi connectivity index (χ1) is 10.7. The maximum atomic E-state index is 12.2. The van der Waals surface area contributed by atoms with Crippen molar-refractivity contribution >= 4 is 11.5 Å².